The van der Waals surface area contributed by atoms with Crippen molar-refractivity contribution in [2.24, 2.45) is 5.92 Å². The molecule has 2 saturated heterocycles. The molecule has 5 amide bonds. The van der Waals surface area contributed by atoms with Crippen molar-refractivity contribution >= 4 is 47.0 Å². The maximum absolute atomic E-state index is 13.2. The van der Waals surface area contributed by atoms with Crippen LogP contribution in [0.4, 0.5) is 5.82 Å². The topological polar surface area (TPSA) is 187 Å². The number of halogens is 1. The Morgan fingerprint density at radius 1 is 0.948 bits per heavy atom. The Kier molecular flexibility index (Phi) is 11.1. The predicted molar refractivity (Wildman–Crippen MR) is 210 cm³/mol. The van der Waals surface area contributed by atoms with Crippen molar-refractivity contribution in [2.75, 3.05) is 24.5 Å². The SMILES string of the molecule is CC(C)N(CC1CN(c2cnc(C(=O)NC3CCC(Oc4ccc(C#N)c(Cl)c4)CC3)cn2)C1)C1CC(Oc2ccc3c(c2)C(=O)N([C@@H]2CCC(=O)NC2=O)C3=O)C1. The lowest BCUT2D eigenvalue weighted by atomic mass is 9.85. The maximum Gasteiger partial charge on any atom is 0.271 e. The molecule has 15 nitrogen and oxygen atoms in total. The largest absolute Gasteiger partial charge is 0.490 e. The summed E-state index contributed by atoms with van der Waals surface area (Å²) in [7, 11) is 0. The zero-order chi connectivity index (χ0) is 40.7. The number of fused-ring (bicyclic) bond motifs is 1. The second kappa shape index (κ2) is 16.3. The van der Waals surface area contributed by atoms with Crippen LogP contribution in [0.3, 0.4) is 0 Å². The normalized spacial score (nSPS) is 24.5. The van der Waals surface area contributed by atoms with Crippen molar-refractivity contribution < 1.29 is 33.4 Å². The number of ether oxygens (including phenoxy) is 2. The van der Waals surface area contributed by atoms with Crippen LogP contribution in [0, 0.1) is 17.2 Å². The molecule has 5 aliphatic rings. The number of amides is 5. The van der Waals surface area contributed by atoms with Crippen molar-refractivity contribution in [3.63, 3.8) is 0 Å². The summed E-state index contributed by atoms with van der Waals surface area (Å²) in [4.78, 5) is 77.9. The highest BCUT2D eigenvalue weighted by Gasteiger charge is 2.45. The van der Waals surface area contributed by atoms with Gasteiger partial charge in [0.25, 0.3) is 17.7 Å². The molecule has 2 saturated carbocycles. The molecule has 58 heavy (non-hydrogen) atoms. The third-order valence-electron chi connectivity index (χ3n) is 11.9. The second-order valence-electron chi connectivity index (χ2n) is 16.2. The van der Waals surface area contributed by atoms with Gasteiger partial charge in [0, 0.05) is 69.0 Å². The molecule has 0 spiro atoms. The molecular formula is C42H45ClN8O7. The average molecular weight is 809 g/mol. The summed E-state index contributed by atoms with van der Waals surface area (Å²) in [5.41, 5.74) is 1.13. The van der Waals surface area contributed by atoms with Crippen LogP contribution in [-0.4, -0.2) is 105 Å². The van der Waals surface area contributed by atoms with Gasteiger partial charge in [-0.2, -0.15) is 5.26 Å². The minimum absolute atomic E-state index is 0.0121. The molecule has 2 aliphatic carbocycles. The number of hydrogen-bond donors (Lipinski definition) is 2. The second-order valence-corrected chi connectivity index (χ2v) is 16.6. The smallest absolute Gasteiger partial charge is 0.271 e. The van der Waals surface area contributed by atoms with Gasteiger partial charge < -0.3 is 19.7 Å². The van der Waals surface area contributed by atoms with Crippen molar-refractivity contribution in [1.29, 1.82) is 5.26 Å². The Labute approximate surface area is 341 Å². The third kappa shape index (κ3) is 8.08. The van der Waals surface area contributed by atoms with Crippen LogP contribution in [0.2, 0.25) is 5.02 Å². The number of nitriles is 1. The first kappa shape index (κ1) is 39.2. The van der Waals surface area contributed by atoms with E-state index in [-0.39, 0.29) is 53.8 Å². The molecule has 3 aromatic rings. The van der Waals surface area contributed by atoms with Gasteiger partial charge in [0.1, 0.15) is 41.2 Å². The molecule has 0 radical (unpaired) electrons. The summed E-state index contributed by atoms with van der Waals surface area (Å²) < 4.78 is 12.3. The number of benzene rings is 2. The minimum Gasteiger partial charge on any atom is -0.490 e. The number of aromatic nitrogens is 2. The van der Waals surface area contributed by atoms with E-state index in [1.165, 1.54) is 0 Å². The first-order valence-electron chi connectivity index (χ1n) is 20.0. The lowest BCUT2D eigenvalue weighted by molar-refractivity contribution is -0.136. The van der Waals surface area contributed by atoms with E-state index in [1.807, 2.05) is 6.07 Å². The Morgan fingerprint density at radius 2 is 1.66 bits per heavy atom. The predicted octanol–water partition coefficient (Wildman–Crippen LogP) is 4.28. The monoisotopic (exact) mass is 808 g/mol. The number of imide groups is 2. The number of nitrogens with one attached hydrogen (secondary N) is 2. The summed E-state index contributed by atoms with van der Waals surface area (Å²) in [6.07, 6.45) is 8.15. The van der Waals surface area contributed by atoms with Crippen molar-refractivity contribution in [3.8, 4) is 17.6 Å². The number of rotatable bonds is 12. The molecule has 302 valence electrons. The Hall–Kier alpha value is -5.59. The van der Waals surface area contributed by atoms with E-state index in [0.29, 0.717) is 40.1 Å². The number of piperidine rings is 1. The number of nitrogens with zero attached hydrogens (tertiary/aromatic N) is 6. The Bertz CT molecular complexity index is 2160. The standard InChI is InChI=1S/C42H45ClN8O7/c1-23(2)50(27-13-31(14-27)58-29-9-10-32-33(15-29)42(56)51(41(32)55)36-11-12-38(52)48-40(36)54)22-24-20-49(21-24)37-19-45-35(18-46-37)39(53)47-26-4-7-28(8-5-26)57-30-6-3-25(17-44)34(43)16-30/h3,6,9-10,15-16,18-19,23-24,26-28,31,36H,4-5,7-8,11-14,20-22H2,1-2H3,(H,47,53)(H,48,52,54)/t26?,27?,28?,31?,36-/m1/s1. The van der Waals surface area contributed by atoms with Gasteiger partial charge in [-0.25, -0.2) is 9.97 Å². The Morgan fingerprint density at radius 3 is 2.33 bits per heavy atom. The molecule has 1 aromatic heterocycles. The number of carbonyl (C=O) groups is 5. The molecule has 2 N–H and O–H groups in total. The van der Waals surface area contributed by atoms with Gasteiger partial charge in [-0.05, 0) is 76.3 Å². The maximum atomic E-state index is 13.2. The molecule has 0 bridgehead atoms. The van der Waals surface area contributed by atoms with Crippen LogP contribution in [0.25, 0.3) is 0 Å². The van der Waals surface area contributed by atoms with E-state index in [2.05, 4.69) is 44.2 Å². The number of anilines is 1. The zero-order valence-corrected chi connectivity index (χ0v) is 33.1. The molecule has 0 unspecified atom stereocenters. The van der Waals surface area contributed by atoms with E-state index >= 15 is 0 Å². The van der Waals surface area contributed by atoms with Gasteiger partial charge in [-0.15, -0.1) is 0 Å². The van der Waals surface area contributed by atoms with Crippen molar-refractivity contribution in [3.05, 3.63) is 76.2 Å². The lowest BCUT2D eigenvalue weighted by Crippen LogP contribution is -2.58. The zero-order valence-electron chi connectivity index (χ0n) is 32.4. The molecule has 2 aromatic carbocycles. The first-order chi connectivity index (χ1) is 27.9. The van der Waals surface area contributed by atoms with E-state index in [0.717, 1.165) is 68.9 Å². The summed E-state index contributed by atoms with van der Waals surface area (Å²) in [6.45, 7) is 7.01. The molecule has 8 rings (SSSR count). The molecule has 3 aliphatic heterocycles. The van der Waals surface area contributed by atoms with E-state index < -0.39 is 29.7 Å². The van der Waals surface area contributed by atoms with Gasteiger partial charge in [-0.1, -0.05) is 11.6 Å². The molecule has 1 atom stereocenters. The molecule has 16 heteroatoms. The quantitative estimate of drug-likeness (QED) is 0.248. The van der Waals surface area contributed by atoms with E-state index in [4.69, 9.17) is 26.3 Å². The highest BCUT2D eigenvalue weighted by Crippen LogP contribution is 2.36. The highest BCUT2D eigenvalue weighted by atomic mass is 35.5. The van der Waals surface area contributed by atoms with Gasteiger partial charge in [-0.3, -0.25) is 39.1 Å². The van der Waals surface area contributed by atoms with E-state index in [1.54, 1.807) is 48.8 Å². The fourth-order valence-electron chi connectivity index (χ4n) is 8.61. The minimum atomic E-state index is -1.01. The summed E-state index contributed by atoms with van der Waals surface area (Å²) in [6, 6.07) is 11.7. The summed E-state index contributed by atoms with van der Waals surface area (Å²) >= 11 is 6.14. The van der Waals surface area contributed by atoms with Crippen LogP contribution >= 0.6 is 11.6 Å². The lowest BCUT2D eigenvalue weighted by Gasteiger charge is -2.49. The number of carbonyl (C=O) groups excluding carboxylic acids is 5. The van der Waals surface area contributed by atoms with Gasteiger partial charge in [0.05, 0.1) is 40.2 Å². The van der Waals surface area contributed by atoms with Gasteiger partial charge >= 0.3 is 0 Å². The van der Waals surface area contributed by atoms with Crippen LogP contribution in [0.5, 0.6) is 11.5 Å². The molecule has 4 heterocycles. The highest BCUT2D eigenvalue weighted by molar-refractivity contribution is 6.31. The van der Waals surface area contributed by atoms with Crippen LogP contribution in [0.1, 0.15) is 102 Å². The molecule has 4 fully saturated rings. The van der Waals surface area contributed by atoms with Crippen LogP contribution in [-0.2, 0) is 9.59 Å². The van der Waals surface area contributed by atoms with Gasteiger partial charge in [0.15, 0.2) is 0 Å². The Balaban J connectivity index is 0.762. The fourth-order valence-corrected chi connectivity index (χ4v) is 8.82. The third-order valence-corrected chi connectivity index (χ3v) is 12.2. The van der Waals surface area contributed by atoms with Crippen LogP contribution in [0.15, 0.2) is 48.8 Å². The average Bonchev–Trinajstić information content (AvgIpc) is 3.41. The first-order valence-corrected chi connectivity index (χ1v) is 20.3. The fraction of sp³-hybridized carbons (Fsp3) is 0.476. The van der Waals surface area contributed by atoms with Crippen molar-refractivity contribution in [2.45, 2.75) is 102 Å². The van der Waals surface area contributed by atoms with Crippen LogP contribution < -0.4 is 25.0 Å². The van der Waals surface area contributed by atoms with Gasteiger partial charge in [0.2, 0.25) is 11.8 Å². The summed E-state index contributed by atoms with van der Waals surface area (Å²) in [5, 5.41) is 14.8. The molecular weight excluding hydrogens is 764 g/mol. The van der Waals surface area contributed by atoms with Crippen molar-refractivity contribution in [1.82, 2.24) is 30.4 Å². The number of hydrogen-bond acceptors (Lipinski definition) is 12. The van der Waals surface area contributed by atoms with E-state index in [9.17, 15) is 24.0 Å². The summed E-state index contributed by atoms with van der Waals surface area (Å²) in [5.74, 6) is -0.0388.